The summed E-state index contributed by atoms with van der Waals surface area (Å²) in [6.45, 7) is 43.1. The van der Waals surface area contributed by atoms with Gasteiger partial charge in [0.05, 0.1) is 43.2 Å². The molecule has 9 nitrogen and oxygen atoms in total. The van der Waals surface area contributed by atoms with Crippen LogP contribution >= 0.6 is 0 Å². The molecule has 12 heteroatoms. The Hall–Kier alpha value is -9.57. The maximum Gasteiger partial charge on any atom is 0.264 e. The summed E-state index contributed by atoms with van der Waals surface area (Å²) < 4.78 is 111. The van der Waals surface area contributed by atoms with Gasteiger partial charge in [-0.25, -0.2) is 27.7 Å². The van der Waals surface area contributed by atoms with E-state index in [0.717, 1.165) is 72.6 Å². The highest BCUT2D eigenvalue weighted by Gasteiger charge is 2.28. The van der Waals surface area contributed by atoms with Crippen LogP contribution in [0.2, 0.25) is 0 Å². The lowest BCUT2D eigenvalue weighted by Crippen LogP contribution is -2.35. The lowest BCUT2D eigenvalue weighted by atomic mass is 9.96. The SMILES string of the molecule is [2H]C([2H])(c1cc(C)[n+](C)c(-c2c(C)ccc3c2oc2c([N+]#[C-])c(F)ccc23)c1)C(C)C.[2H]c1c(C([2H])([2H])C(C)C)cc(C)[n+](C)c1-c1c(C)ccc2c1oc1c([N+]#[C-])c(F)ccc12.[C-]#[N+]c1cccc2c1oc1c(-c3cc(C)cc(C)[n+]3C)c(C)cc(F)c12. The number of para-hydroxylation sites is 1. The highest BCUT2D eigenvalue weighted by molar-refractivity contribution is 6.15. The Bertz CT molecular complexity index is 5100. The fraction of sp³-hybridized carbons (Fsp3) is 0.250. The molecule has 0 aliphatic carbocycles. The molecule has 0 atom stereocenters. The molecule has 0 saturated carbocycles. The largest absolute Gasteiger partial charge is 0.466 e. The van der Waals surface area contributed by atoms with Gasteiger partial charge in [0.15, 0.2) is 22.7 Å². The fourth-order valence-electron chi connectivity index (χ4n) is 11.2. The van der Waals surface area contributed by atoms with Gasteiger partial charge in [0, 0.05) is 89.6 Å². The predicted molar refractivity (Wildman–Crippen MR) is 330 cm³/mol. The predicted octanol–water partition coefficient (Wildman–Crippen LogP) is 18.9. The third-order valence-corrected chi connectivity index (χ3v) is 15.5. The quantitative estimate of drug-likeness (QED) is 0.118. The lowest BCUT2D eigenvalue weighted by Gasteiger charge is -2.11. The minimum absolute atomic E-state index is 0.0874. The lowest BCUT2D eigenvalue weighted by molar-refractivity contribution is -0.666. The Morgan fingerprint density at radius 3 is 1.45 bits per heavy atom. The van der Waals surface area contributed by atoms with E-state index in [4.69, 9.17) is 39.8 Å². The van der Waals surface area contributed by atoms with E-state index in [-0.39, 0.29) is 46.2 Å². The maximum atomic E-state index is 14.9. The number of hydrogen-bond acceptors (Lipinski definition) is 3. The van der Waals surface area contributed by atoms with Gasteiger partial charge in [-0.05, 0) is 104 Å². The Kier molecular flexibility index (Phi) is 13.8. The van der Waals surface area contributed by atoms with Crippen LogP contribution in [0.15, 0.2) is 122 Å². The number of aromatic nitrogens is 3. The second kappa shape index (κ2) is 22.6. The van der Waals surface area contributed by atoms with E-state index in [2.05, 4.69) is 31.2 Å². The topological polar surface area (TPSA) is 64.1 Å². The number of fused-ring (bicyclic) bond motifs is 9. The summed E-state index contributed by atoms with van der Waals surface area (Å²) in [6.07, 6.45) is -3.19. The van der Waals surface area contributed by atoms with Crippen molar-refractivity contribution in [2.45, 2.75) is 88.9 Å². The molecule has 0 bridgehead atoms. The highest BCUT2D eigenvalue weighted by Crippen LogP contribution is 2.45. The standard InChI is InChI=1S/2C25H24FN2O.C22H18FN2O/c2*1-14(2)11-17-12-16(4)28(6)21(13-17)22-15(3)7-8-18-19-9-10-20(26)23(27-5)25(19)29-24(18)22;1-12-9-14(3)25(5)18(10-12)19-13(2)11-16(23)20-15-7-6-8-17(24-4)21(15)26-22(19)20/h2*7-10,12-14H,11H2,1-4,6H3;6-11H,1-3,5H3/q3*+1/i11D2,13D;11D2;. The zero-order valence-corrected chi connectivity index (χ0v) is 49.5. The van der Waals surface area contributed by atoms with E-state index in [1.165, 1.54) is 12.1 Å². The number of rotatable bonds is 7. The molecule has 0 aliphatic heterocycles. The van der Waals surface area contributed by atoms with Gasteiger partial charge in [0.2, 0.25) is 22.8 Å². The van der Waals surface area contributed by atoms with Crippen LogP contribution in [0.25, 0.3) is 114 Å². The molecule has 0 fully saturated rings. The van der Waals surface area contributed by atoms with Crippen LogP contribution in [0.5, 0.6) is 0 Å². The Morgan fingerprint density at radius 2 is 0.917 bits per heavy atom. The summed E-state index contributed by atoms with van der Waals surface area (Å²) in [5, 5.41) is 3.92. The van der Waals surface area contributed by atoms with Crippen molar-refractivity contribution in [1.82, 2.24) is 0 Å². The molecule has 6 aromatic carbocycles. The van der Waals surface area contributed by atoms with E-state index >= 15 is 0 Å². The molecule has 0 saturated heterocycles. The van der Waals surface area contributed by atoms with Gasteiger partial charge < -0.3 is 13.3 Å². The average molecular weight is 1130 g/mol. The van der Waals surface area contributed by atoms with Crippen LogP contribution < -0.4 is 13.7 Å². The average Bonchev–Trinajstić information content (AvgIpc) is 1.70. The van der Waals surface area contributed by atoms with Crippen molar-refractivity contribution in [1.29, 1.82) is 0 Å². The van der Waals surface area contributed by atoms with Crippen molar-refractivity contribution < 1.29 is 47.0 Å². The van der Waals surface area contributed by atoms with Crippen molar-refractivity contribution in [2.75, 3.05) is 0 Å². The minimum Gasteiger partial charge on any atom is -0.466 e. The molecule has 84 heavy (non-hydrogen) atoms. The van der Waals surface area contributed by atoms with Crippen molar-refractivity contribution >= 4 is 82.9 Å². The number of pyridine rings is 3. The number of benzene rings is 6. The first-order chi connectivity index (χ1) is 42.0. The van der Waals surface area contributed by atoms with Crippen LogP contribution in [-0.2, 0) is 33.9 Å². The molecule has 0 N–H and O–H groups in total. The number of halogens is 3. The number of hydrogen-bond donors (Lipinski definition) is 0. The third kappa shape index (κ3) is 10.2. The van der Waals surface area contributed by atoms with Gasteiger partial charge >= 0.3 is 0 Å². The monoisotopic (exact) mass is 1120 g/mol. The van der Waals surface area contributed by atoms with Crippen molar-refractivity contribution in [3.8, 4) is 33.8 Å². The summed E-state index contributed by atoms with van der Waals surface area (Å²) in [6, 6.07) is 30.1. The Labute approximate surface area is 494 Å². The van der Waals surface area contributed by atoms with Gasteiger partial charge in [-0.15, -0.1) is 0 Å². The molecule has 12 rings (SSSR count). The second-order valence-electron chi connectivity index (χ2n) is 22.1. The van der Waals surface area contributed by atoms with Crippen LogP contribution in [0.3, 0.4) is 0 Å². The second-order valence-corrected chi connectivity index (χ2v) is 22.1. The first-order valence-corrected chi connectivity index (χ1v) is 27.6. The van der Waals surface area contributed by atoms with Gasteiger partial charge in [-0.2, -0.15) is 13.7 Å². The smallest absolute Gasteiger partial charge is 0.264 e. The molecule has 0 spiro atoms. The summed E-state index contributed by atoms with van der Waals surface area (Å²) in [5.41, 5.74) is 14.6. The number of nitrogens with zero attached hydrogens (tertiary/aromatic N) is 6. The number of aryl methyl sites for hydroxylation is 7. The van der Waals surface area contributed by atoms with Crippen molar-refractivity contribution in [3.63, 3.8) is 0 Å². The van der Waals surface area contributed by atoms with Crippen LogP contribution in [-0.4, -0.2) is 0 Å². The Morgan fingerprint density at radius 1 is 0.464 bits per heavy atom. The van der Waals surface area contributed by atoms with Crippen LogP contribution in [0, 0.1) is 97.5 Å². The van der Waals surface area contributed by atoms with Gasteiger partial charge in [-0.3, -0.25) is 0 Å². The van der Waals surface area contributed by atoms with Crippen LogP contribution in [0.4, 0.5) is 30.2 Å². The molecule has 6 heterocycles. The molecular weight excluding hydrogens is 1050 g/mol. The fourth-order valence-corrected chi connectivity index (χ4v) is 11.2. The molecule has 0 amide bonds. The van der Waals surface area contributed by atoms with Gasteiger partial charge in [0.25, 0.3) is 11.4 Å². The van der Waals surface area contributed by atoms with Crippen molar-refractivity contribution in [2.24, 2.45) is 33.0 Å². The molecule has 420 valence electrons. The normalized spacial score (nSPS) is 12.6. The van der Waals surface area contributed by atoms with E-state index in [0.29, 0.717) is 71.9 Å². The first kappa shape index (κ1) is 51.3. The first-order valence-electron chi connectivity index (χ1n) is 30.1. The minimum atomic E-state index is -1.69. The summed E-state index contributed by atoms with van der Waals surface area (Å²) >= 11 is 0. The van der Waals surface area contributed by atoms with Crippen molar-refractivity contribution in [3.05, 3.63) is 211 Å². The van der Waals surface area contributed by atoms with E-state index in [1.54, 1.807) is 56.3 Å². The number of furan rings is 3. The molecular formula is C72H66F3N6O3+3. The third-order valence-electron chi connectivity index (χ3n) is 15.5. The van der Waals surface area contributed by atoms with E-state index in [1.807, 2.05) is 129 Å². The van der Waals surface area contributed by atoms with E-state index < -0.39 is 24.4 Å². The van der Waals surface area contributed by atoms with Gasteiger partial charge in [0.1, 0.15) is 66.5 Å². The van der Waals surface area contributed by atoms with E-state index in [9.17, 15) is 13.2 Å². The summed E-state index contributed by atoms with van der Waals surface area (Å²) in [7, 11) is 5.76. The molecule has 6 aromatic heterocycles. The molecule has 0 radical (unpaired) electrons. The molecule has 12 aromatic rings. The highest BCUT2D eigenvalue weighted by atomic mass is 19.1. The Balaban J connectivity index is 0.000000148. The van der Waals surface area contributed by atoms with Gasteiger partial charge in [-0.1, -0.05) is 82.3 Å². The molecule has 0 unspecified atom stereocenters. The summed E-state index contributed by atoms with van der Waals surface area (Å²) in [4.78, 5) is 10.2. The zero-order chi connectivity index (χ0) is 64.8. The van der Waals surface area contributed by atoms with Crippen LogP contribution in [0.1, 0.15) is 85.0 Å². The maximum absolute atomic E-state index is 14.9. The molecule has 0 aliphatic rings. The zero-order valence-electron chi connectivity index (χ0n) is 54.5. The summed E-state index contributed by atoms with van der Waals surface area (Å²) in [5.74, 6) is -2.08.